The molecule has 3 nitrogen and oxygen atoms in total. The first kappa shape index (κ1) is 23.1. The second kappa shape index (κ2) is 7.59. The van der Waals surface area contributed by atoms with E-state index >= 15 is 0 Å². The predicted octanol–water partition coefficient (Wildman–Crippen LogP) is 6.88. The van der Waals surface area contributed by atoms with E-state index < -0.39 is 0 Å². The van der Waals surface area contributed by atoms with Crippen LogP contribution in [0.15, 0.2) is 24.3 Å². The Morgan fingerprint density at radius 3 is 1.79 bits per heavy atom. The van der Waals surface area contributed by atoms with Crippen LogP contribution in [0.3, 0.4) is 0 Å². The third-order valence-electron chi connectivity index (χ3n) is 5.33. The molecule has 160 valence electrons. The zero-order valence-electron chi connectivity index (χ0n) is 19.8. The number of aryl methyl sites for hydroxylation is 1. The molecule has 0 aromatic heterocycles. The molecule has 0 radical (unpaired) electrons. The maximum atomic E-state index is 11.2. The summed E-state index contributed by atoms with van der Waals surface area (Å²) in [5, 5.41) is 21.1. The highest BCUT2D eigenvalue weighted by Gasteiger charge is 2.30. The SMILES string of the molecule is Cc1cc(C(C)(C)C)c(O)c(C(C)(C)C)c1COc1ccc(O)cc1C(C)(C)C. The second-order valence-corrected chi connectivity index (χ2v) is 11.2. The maximum absolute atomic E-state index is 11.2. The van der Waals surface area contributed by atoms with Gasteiger partial charge in [0.25, 0.3) is 0 Å². The molecule has 0 saturated heterocycles. The monoisotopic (exact) mass is 398 g/mol. The van der Waals surface area contributed by atoms with Crippen LogP contribution in [-0.4, -0.2) is 10.2 Å². The topological polar surface area (TPSA) is 49.7 Å². The summed E-state index contributed by atoms with van der Waals surface area (Å²) in [5.41, 5.74) is 4.48. The maximum Gasteiger partial charge on any atom is 0.123 e. The molecule has 0 aliphatic carbocycles. The lowest BCUT2D eigenvalue weighted by atomic mass is 9.76. The molecule has 2 aromatic carbocycles. The Balaban J connectivity index is 2.57. The van der Waals surface area contributed by atoms with Crippen molar-refractivity contribution in [3.05, 3.63) is 52.1 Å². The fourth-order valence-electron chi connectivity index (χ4n) is 3.79. The fraction of sp³-hybridized carbons (Fsp3) is 0.538. The van der Waals surface area contributed by atoms with Crippen molar-refractivity contribution in [1.29, 1.82) is 0 Å². The van der Waals surface area contributed by atoms with E-state index in [9.17, 15) is 10.2 Å². The van der Waals surface area contributed by atoms with Crippen molar-refractivity contribution < 1.29 is 14.9 Å². The van der Waals surface area contributed by atoms with Gasteiger partial charge in [-0.2, -0.15) is 0 Å². The van der Waals surface area contributed by atoms with Gasteiger partial charge in [-0.3, -0.25) is 0 Å². The first-order valence-electron chi connectivity index (χ1n) is 10.4. The van der Waals surface area contributed by atoms with E-state index in [0.29, 0.717) is 12.4 Å². The molecule has 2 N–H and O–H groups in total. The average molecular weight is 399 g/mol. The summed E-state index contributed by atoms with van der Waals surface area (Å²) in [6.45, 7) is 21.5. The van der Waals surface area contributed by atoms with Crippen molar-refractivity contribution >= 4 is 0 Å². The van der Waals surface area contributed by atoms with Gasteiger partial charge in [0, 0.05) is 11.1 Å². The molecule has 0 aliphatic heterocycles. The molecule has 29 heavy (non-hydrogen) atoms. The number of rotatable bonds is 3. The van der Waals surface area contributed by atoms with E-state index in [-0.39, 0.29) is 22.0 Å². The van der Waals surface area contributed by atoms with Gasteiger partial charge in [0.05, 0.1) is 0 Å². The Morgan fingerprint density at radius 1 is 0.759 bits per heavy atom. The molecule has 0 aliphatic rings. The van der Waals surface area contributed by atoms with Gasteiger partial charge in [-0.25, -0.2) is 0 Å². The Bertz CT molecular complexity index is 888. The van der Waals surface area contributed by atoms with Crippen molar-refractivity contribution in [3.63, 3.8) is 0 Å². The van der Waals surface area contributed by atoms with Gasteiger partial charge in [0.1, 0.15) is 23.9 Å². The lowest BCUT2D eigenvalue weighted by molar-refractivity contribution is 0.290. The van der Waals surface area contributed by atoms with Crippen LogP contribution in [0.4, 0.5) is 0 Å². The van der Waals surface area contributed by atoms with Gasteiger partial charge in [0.2, 0.25) is 0 Å². The van der Waals surface area contributed by atoms with Gasteiger partial charge in [0.15, 0.2) is 0 Å². The standard InChI is InChI=1S/C26H38O3/c1-16-13-20(25(5,6)7)23(28)22(26(8,9)10)18(16)15-29-21-12-11-17(27)14-19(21)24(2,3)4/h11-14,27-28H,15H2,1-10H3. The number of hydrogen-bond acceptors (Lipinski definition) is 3. The summed E-state index contributed by atoms with van der Waals surface area (Å²) < 4.78 is 6.28. The molecular formula is C26H38O3. The van der Waals surface area contributed by atoms with Crippen LogP contribution in [0, 0.1) is 6.92 Å². The van der Waals surface area contributed by atoms with Crippen molar-refractivity contribution in [3.8, 4) is 17.2 Å². The quantitative estimate of drug-likeness (QED) is 0.592. The lowest BCUT2D eigenvalue weighted by Crippen LogP contribution is -2.21. The predicted molar refractivity (Wildman–Crippen MR) is 121 cm³/mol. The average Bonchev–Trinajstić information content (AvgIpc) is 2.52. The minimum Gasteiger partial charge on any atom is -0.508 e. The third-order valence-corrected chi connectivity index (χ3v) is 5.33. The van der Waals surface area contributed by atoms with E-state index in [1.54, 1.807) is 12.1 Å². The highest BCUT2D eigenvalue weighted by molar-refractivity contribution is 5.55. The number of benzene rings is 2. The summed E-state index contributed by atoms with van der Waals surface area (Å²) >= 11 is 0. The first-order valence-corrected chi connectivity index (χ1v) is 10.4. The van der Waals surface area contributed by atoms with Gasteiger partial charge in [-0.05, 0) is 58.1 Å². The van der Waals surface area contributed by atoms with Crippen molar-refractivity contribution in [2.75, 3.05) is 0 Å². The Kier molecular flexibility index (Phi) is 6.05. The molecule has 3 heteroatoms. The van der Waals surface area contributed by atoms with E-state index in [1.165, 1.54) is 0 Å². The number of aromatic hydroxyl groups is 2. The molecule has 0 saturated carbocycles. The van der Waals surface area contributed by atoms with Crippen LogP contribution in [0.5, 0.6) is 17.2 Å². The van der Waals surface area contributed by atoms with E-state index in [1.807, 2.05) is 6.07 Å². The Hall–Kier alpha value is -2.16. The van der Waals surface area contributed by atoms with Gasteiger partial charge < -0.3 is 14.9 Å². The van der Waals surface area contributed by atoms with Crippen LogP contribution >= 0.6 is 0 Å². The summed E-state index contributed by atoms with van der Waals surface area (Å²) in [6.07, 6.45) is 0. The van der Waals surface area contributed by atoms with Crippen molar-refractivity contribution in [2.24, 2.45) is 0 Å². The zero-order chi connectivity index (χ0) is 22.4. The van der Waals surface area contributed by atoms with Crippen molar-refractivity contribution in [2.45, 2.75) is 92.1 Å². The van der Waals surface area contributed by atoms with Crippen LogP contribution in [0.25, 0.3) is 0 Å². The normalized spacial score (nSPS) is 12.9. The number of hydrogen-bond donors (Lipinski definition) is 2. The molecular weight excluding hydrogens is 360 g/mol. The summed E-state index contributed by atoms with van der Waals surface area (Å²) in [4.78, 5) is 0. The van der Waals surface area contributed by atoms with Crippen LogP contribution < -0.4 is 4.74 Å². The third kappa shape index (κ3) is 5.07. The Labute approximate surface area is 176 Å². The van der Waals surface area contributed by atoms with Crippen LogP contribution in [0.2, 0.25) is 0 Å². The van der Waals surface area contributed by atoms with Crippen molar-refractivity contribution in [1.82, 2.24) is 0 Å². The van der Waals surface area contributed by atoms with E-state index in [0.717, 1.165) is 33.6 Å². The fourth-order valence-corrected chi connectivity index (χ4v) is 3.79. The summed E-state index contributed by atoms with van der Waals surface area (Å²) in [7, 11) is 0. The number of phenolic OH excluding ortho intramolecular Hbond substituents is 2. The molecule has 0 heterocycles. The highest BCUT2D eigenvalue weighted by Crippen LogP contribution is 2.43. The molecule has 2 rings (SSSR count). The van der Waals surface area contributed by atoms with Gasteiger partial charge in [-0.1, -0.05) is 68.4 Å². The first-order chi connectivity index (χ1) is 13.0. The number of phenols is 2. The summed E-state index contributed by atoms with van der Waals surface area (Å²) in [6, 6.07) is 7.34. The molecule has 0 amide bonds. The molecule has 0 spiro atoms. The van der Waals surface area contributed by atoms with Gasteiger partial charge >= 0.3 is 0 Å². The smallest absolute Gasteiger partial charge is 0.123 e. The van der Waals surface area contributed by atoms with E-state index in [4.69, 9.17) is 4.74 Å². The van der Waals surface area contributed by atoms with Crippen LogP contribution in [-0.2, 0) is 22.9 Å². The van der Waals surface area contributed by atoms with Crippen LogP contribution in [0.1, 0.15) is 90.1 Å². The molecule has 0 unspecified atom stereocenters. The van der Waals surface area contributed by atoms with E-state index in [2.05, 4.69) is 75.3 Å². The molecule has 2 aromatic rings. The minimum absolute atomic E-state index is 0.148. The molecule has 0 atom stereocenters. The molecule has 0 fully saturated rings. The second-order valence-electron chi connectivity index (χ2n) is 11.2. The lowest BCUT2D eigenvalue weighted by Gasteiger charge is -2.31. The largest absolute Gasteiger partial charge is 0.508 e. The zero-order valence-corrected chi connectivity index (χ0v) is 19.8. The summed E-state index contributed by atoms with van der Waals surface area (Å²) in [5.74, 6) is 1.37. The van der Waals surface area contributed by atoms with Gasteiger partial charge in [-0.15, -0.1) is 0 Å². The Morgan fingerprint density at radius 2 is 1.31 bits per heavy atom. The number of ether oxygens (including phenoxy) is 1. The molecule has 0 bridgehead atoms. The minimum atomic E-state index is -0.226. The highest BCUT2D eigenvalue weighted by atomic mass is 16.5.